The number of carboxylic acid groups (broad SMARTS) is 1. The second-order valence-corrected chi connectivity index (χ2v) is 3.74. The van der Waals surface area contributed by atoms with Gasteiger partial charge in [-0.1, -0.05) is 5.16 Å². The summed E-state index contributed by atoms with van der Waals surface area (Å²) in [6.07, 6.45) is 4.06. The van der Waals surface area contributed by atoms with Crippen molar-refractivity contribution in [2.24, 2.45) is 0 Å². The molecule has 76 valence electrons. The first kappa shape index (κ1) is 9.24. The van der Waals surface area contributed by atoms with Crippen LogP contribution >= 0.6 is 0 Å². The molecule has 0 bridgehead atoms. The largest absolute Gasteiger partial charge is 0.481 e. The number of hydrogen-bond acceptors (Lipinski definition) is 3. The maximum Gasteiger partial charge on any atom is 0.314 e. The molecule has 0 fully saturated rings. The van der Waals surface area contributed by atoms with Crippen LogP contribution in [0.2, 0.25) is 0 Å². The van der Waals surface area contributed by atoms with Gasteiger partial charge in [-0.3, -0.25) is 4.79 Å². The molecule has 0 aliphatic heterocycles. The predicted molar refractivity (Wildman–Crippen MR) is 49.2 cm³/mol. The lowest BCUT2D eigenvalue weighted by molar-refractivity contribution is -0.138. The second-order valence-electron chi connectivity index (χ2n) is 3.74. The highest BCUT2D eigenvalue weighted by molar-refractivity contribution is 5.75. The fraction of sp³-hybridized carbons (Fsp3) is 0.600. The van der Waals surface area contributed by atoms with Gasteiger partial charge in [0.1, 0.15) is 5.92 Å². The Morgan fingerprint density at radius 1 is 1.50 bits per heavy atom. The average molecular weight is 195 g/mol. The van der Waals surface area contributed by atoms with Gasteiger partial charge in [0, 0.05) is 5.56 Å². The van der Waals surface area contributed by atoms with Crippen LogP contribution in [0.4, 0.5) is 0 Å². The van der Waals surface area contributed by atoms with Gasteiger partial charge in [-0.05, 0) is 32.6 Å². The van der Waals surface area contributed by atoms with Crippen molar-refractivity contribution in [3.8, 4) is 0 Å². The summed E-state index contributed by atoms with van der Waals surface area (Å²) >= 11 is 0. The Morgan fingerprint density at radius 2 is 2.21 bits per heavy atom. The number of carbonyl (C=O) groups is 1. The summed E-state index contributed by atoms with van der Waals surface area (Å²) < 4.78 is 5.11. The van der Waals surface area contributed by atoms with Gasteiger partial charge in [0.25, 0.3) is 0 Å². The molecule has 0 saturated carbocycles. The summed E-state index contributed by atoms with van der Waals surface area (Å²) in [5, 5.41) is 12.8. The molecule has 1 aliphatic carbocycles. The molecule has 0 aromatic carbocycles. The number of aliphatic carboxylic acids is 1. The normalized spacial score (nSPS) is 17.5. The van der Waals surface area contributed by atoms with Gasteiger partial charge in [0.15, 0.2) is 5.76 Å². The molecule has 2 rings (SSSR count). The van der Waals surface area contributed by atoms with E-state index in [0.717, 1.165) is 36.9 Å². The number of aryl methyl sites for hydroxylation is 1. The lowest BCUT2D eigenvalue weighted by Crippen LogP contribution is -2.10. The number of rotatable bonds is 2. The number of fused-ring (bicyclic) bond motifs is 1. The third kappa shape index (κ3) is 1.41. The van der Waals surface area contributed by atoms with Crippen molar-refractivity contribution in [3.63, 3.8) is 0 Å². The number of hydrogen-bond donors (Lipinski definition) is 1. The van der Waals surface area contributed by atoms with Crippen LogP contribution in [0.5, 0.6) is 0 Å². The fourth-order valence-electron chi connectivity index (χ4n) is 1.87. The van der Waals surface area contributed by atoms with Crippen molar-refractivity contribution in [1.29, 1.82) is 0 Å². The third-order valence-corrected chi connectivity index (χ3v) is 2.75. The Bertz CT molecular complexity index is 356. The summed E-state index contributed by atoms with van der Waals surface area (Å²) in [7, 11) is 0. The molecule has 0 saturated heterocycles. The number of aromatic nitrogens is 1. The fourth-order valence-corrected chi connectivity index (χ4v) is 1.87. The van der Waals surface area contributed by atoms with Crippen molar-refractivity contribution in [1.82, 2.24) is 5.16 Å². The molecule has 1 N–H and O–H groups in total. The Hall–Kier alpha value is -1.32. The van der Waals surface area contributed by atoms with Gasteiger partial charge in [-0.25, -0.2) is 0 Å². The van der Waals surface area contributed by atoms with E-state index in [9.17, 15) is 4.79 Å². The molecule has 4 nitrogen and oxygen atoms in total. The van der Waals surface area contributed by atoms with Crippen LogP contribution in [0, 0.1) is 0 Å². The molecule has 1 unspecified atom stereocenters. The van der Waals surface area contributed by atoms with E-state index in [2.05, 4.69) is 5.16 Å². The van der Waals surface area contributed by atoms with Crippen molar-refractivity contribution in [2.75, 3.05) is 0 Å². The van der Waals surface area contributed by atoms with Crippen LogP contribution in [-0.2, 0) is 17.6 Å². The lowest BCUT2D eigenvalue weighted by atomic mass is 9.92. The molecule has 0 radical (unpaired) electrons. The van der Waals surface area contributed by atoms with Gasteiger partial charge in [-0.15, -0.1) is 0 Å². The molecule has 4 heteroatoms. The zero-order valence-corrected chi connectivity index (χ0v) is 8.12. The van der Waals surface area contributed by atoms with Gasteiger partial charge in [-0.2, -0.15) is 0 Å². The highest BCUT2D eigenvalue weighted by Crippen LogP contribution is 2.28. The quantitative estimate of drug-likeness (QED) is 0.780. The van der Waals surface area contributed by atoms with E-state index in [-0.39, 0.29) is 0 Å². The van der Waals surface area contributed by atoms with E-state index in [4.69, 9.17) is 9.63 Å². The van der Waals surface area contributed by atoms with E-state index in [0.29, 0.717) is 5.76 Å². The SMILES string of the molecule is CC(C(=O)O)c1onc2c1CCCC2. The van der Waals surface area contributed by atoms with E-state index in [1.165, 1.54) is 0 Å². The summed E-state index contributed by atoms with van der Waals surface area (Å²) in [5.74, 6) is -0.883. The predicted octanol–water partition coefficient (Wildman–Crippen LogP) is 1.74. The first-order valence-corrected chi connectivity index (χ1v) is 4.90. The molecule has 1 atom stereocenters. The van der Waals surface area contributed by atoms with E-state index >= 15 is 0 Å². The highest BCUT2D eigenvalue weighted by Gasteiger charge is 2.26. The lowest BCUT2D eigenvalue weighted by Gasteiger charge is -2.10. The minimum Gasteiger partial charge on any atom is -0.481 e. The van der Waals surface area contributed by atoms with Crippen LogP contribution in [-0.4, -0.2) is 16.2 Å². The smallest absolute Gasteiger partial charge is 0.314 e. The second kappa shape index (κ2) is 3.44. The van der Waals surface area contributed by atoms with Crippen molar-refractivity contribution < 1.29 is 14.4 Å². The van der Waals surface area contributed by atoms with Gasteiger partial charge < -0.3 is 9.63 Å². The maximum atomic E-state index is 10.8. The Kier molecular flexibility index (Phi) is 2.27. The van der Waals surface area contributed by atoms with Crippen LogP contribution < -0.4 is 0 Å². The number of carboxylic acids is 1. The Balaban J connectivity index is 2.34. The molecule has 1 aromatic rings. The van der Waals surface area contributed by atoms with E-state index in [1.807, 2.05) is 0 Å². The standard InChI is InChI=1S/C10H13NO3/c1-6(10(12)13)9-7-4-2-3-5-8(7)11-14-9/h6H,2-5H2,1H3,(H,12,13). The molecule has 1 heterocycles. The zero-order chi connectivity index (χ0) is 10.1. The topological polar surface area (TPSA) is 63.3 Å². The molecular weight excluding hydrogens is 182 g/mol. The molecular formula is C10H13NO3. The molecule has 0 amide bonds. The van der Waals surface area contributed by atoms with E-state index < -0.39 is 11.9 Å². The van der Waals surface area contributed by atoms with Gasteiger partial charge in [0.05, 0.1) is 5.69 Å². The highest BCUT2D eigenvalue weighted by atomic mass is 16.5. The van der Waals surface area contributed by atoms with Crippen molar-refractivity contribution >= 4 is 5.97 Å². The summed E-state index contributed by atoms with van der Waals surface area (Å²) in [6, 6.07) is 0. The third-order valence-electron chi connectivity index (χ3n) is 2.75. The first-order chi connectivity index (χ1) is 6.70. The van der Waals surface area contributed by atoms with Crippen LogP contribution in [0.25, 0.3) is 0 Å². The van der Waals surface area contributed by atoms with Crippen LogP contribution in [0.15, 0.2) is 4.52 Å². The zero-order valence-electron chi connectivity index (χ0n) is 8.12. The number of nitrogens with zero attached hydrogens (tertiary/aromatic N) is 1. The summed E-state index contributed by atoms with van der Waals surface area (Å²) in [5.41, 5.74) is 1.99. The molecule has 1 aliphatic rings. The van der Waals surface area contributed by atoms with E-state index in [1.54, 1.807) is 6.92 Å². The Morgan fingerprint density at radius 3 is 2.93 bits per heavy atom. The average Bonchev–Trinajstić information content (AvgIpc) is 2.60. The first-order valence-electron chi connectivity index (χ1n) is 4.90. The van der Waals surface area contributed by atoms with Gasteiger partial charge in [0.2, 0.25) is 0 Å². The summed E-state index contributed by atoms with van der Waals surface area (Å²) in [6.45, 7) is 1.64. The molecule has 1 aromatic heterocycles. The maximum absolute atomic E-state index is 10.8. The monoisotopic (exact) mass is 195 g/mol. The van der Waals surface area contributed by atoms with Crippen LogP contribution in [0.1, 0.15) is 42.7 Å². The van der Waals surface area contributed by atoms with Crippen LogP contribution in [0.3, 0.4) is 0 Å². The molecule has 14 heavy (non-hydrogen) atoms. The minimum atomic E-state index is -0.852. The Labute approximate surface area is 81.9 Å². The minimum absolute atomic E-state index is 0.548. The molecule has 0 spiro atoms. The van der Waals surface area contributed by atoms with Gasteiger partial charge >= 0.3 is 5.97 Å². The van der Waals surface area contributed by atoms with Crippen molar-refractivity contribution in [2.45, 2.75) is 38.5 Å². The van der Waals surface area contributed by atoms with Crippen molar-refractivity contribution in [3.05, 3.63) is 17.0 Å². The summed E-state index contributed by atoms with van der Waals surface area (Å²) in [4.78, 5) is 10.8.